The molecule has 0 aliphatic rings. The van der Waals surface area contributed by atoms with Crippen molar-refractivity contribution in [1.82, 2.24) is 0 Å². The van der Waals surface area contributed by atoms with E-state index in [4.69, 9.17) is 5.73 Å². The number of ether oxygens (including phenoxy) is 1. The van der Waals surface area contributed by atoms with Gasteiger partial charge in [-0.1, -0.05) is 0 Å². The minimum Gasteiger partial charge on any atom is -0.506 e. The number of halogens is 3. The van der Waals surface area contributed by atoms with Gasteiger partial charge in [0.1, 0.15) is 11.6 Å². The van der Waals surface area contributed by atoms with Crippen molar-refractivity contribution in [2.45, 2.75) is 19.1 Å². The Morgan fingerprint density at radius 2 is 2.22 bits per heavy atom. The summed E-state index contributed by atoms with van der Waals surface area (Å²) in [4.78, 5) is 11.2. The molecule has 0 saturated heterocycles. The van der Waals surface area contributed by atoms with Crippen molar-refractivity contribution < 1.29 is 23.4 Å². The van der Waals surface area contributed by atoms with Gasteiger partial charge in [0.15, 0.2) is 0 Å². The van der Waals surface area contributed by atoms with Gasteiger partial charge >= 0.3 is 5.97 Å². The van der Waals surface area contributed by atoms with Crippen molar-refractivity contribution >= 4 is 21.9 Å². The van der Waals surface area contributed by atoms with Crippen LogP contribution in [0.4, 0.5) is 8.78 Å². The fourth-order valence-corrected chi connectivity index (χ4v) is 1.73. The average molecular weight is 324 g/mol. The van der Waals surface area contributed by atoms with Crippen LogP contribution in [0.2, 0.25) is 0 Å². The van der Waals surface area contributed by atoms with Crippen LogP contribution < -0.4 is 5.73 Å². The first-order chi connectivity index (χ1) is 8.40. The van der Waals surface area contributed by atoms with E-state index in [1.165, 1.54) is 13.0 Å². The molecule has 3 N–H and O–H groups in total. The highest BCUT2D eigenvalue weighted by molar-refractivity contribution is 9.10. The standard InChI is InChI=1S/C11H12BrF2NO3/c1-2-18-11(17)8(14)9(15)7-6(13)4-3-5(12)10(7)16/h3-4,8-9,16H,2,15H2,1H3/t8?,9-/m1/s1. The summed E-state index contributed by atoms with van der Waals surface area (Å²) >= 11 is 2.95. The normalized spacial score (nSPS) is 14.1. The van der Waals surface area contributed by atoms with Gasteiger partial charge in [0, 0.05) is 0 Å². The molecule has 0 fully saturated rings. The van der Waals surface area contributed by atoms with E-state index in [9.17, 15) is 18.7 Å². The van der Waals surface area contributed by atoms with E-state index in [1.807, 2.05) is 0 Å². The van der Waals surface area contributed by atoms with E-state index in [0.717, 1.165) is 6.07 Å². The number of nitrogens with two attached hydrogens (primary N) is 1. The predicted octanol–water partition coefficient (Wildman–Crippen LogP) is 2.19. The summed E-state index contributed by atoms with van der Waals surface area (Å²) < 4.78 is 31.8. The molecule has 1 aromatic rings. The minimum atomic E-state index is -2.25. The Morgan fingerprint density at radius 3 is 2.78 bits per heavy atom. The summed E-state index contributed by atoms with van der Waals surface area (Å²) in [7, 11) is 0. The van der Waals surface area contributed by atoms with Crippen molar-refractivity contribution in [2.75, 3.05) is 6.61 Å². The Bertz CT molecular complexity index is 456. The number of phenolic OH excluding ortho intramolecular Hbond substituents is 1. The highest BCUT2D eigenvalue weighted by Crippen LogP contribution is 2.35. The SMILES string of the molecule is CCOC(=O)C(F)[C@H](N)c1c(F)ccc(Br)c1O. The maximum absolute atomic E-state index is 13.7. The molecule has 100 valence electrons. The second-order valence-electron chi connectivity index (χ2n) is 3.47. The fourth-order valence-electron chi connectivity index (χ4n) is 1.39. The van der Waals surface area contributed by atoms with E-state index in [0.29, 0.717) is 0 Å². The van der Waals surface area contributed by atoms with Crippen LogP contribution in [-0.2, 0) is 9.53 Å². The lowest BCUT2D eigenvalue weighted by molar-refractivity contribution is -0.149. The Morgan fingerprint density at radius 1 is 1.61 bits per heavy atom. The monoisotopic (exact) mass is 323 g/mol. The van der Waals surface area contributed by atoms with Gasteiger partial charge in [0.05, 0.1) is 22.7 Å². The third-order valence-corrected chi connectivity index (χ3v) is 2.91. The second kappa shape index (κ2) is 6.10. The number of rotatable bonds is 4. The number of benzene rings is 1. The van der Waals surface area contributed by atoms with Gasteiger partial charge in [-0.2, -0.15) is 0 Å². The number of hydrogen-bond acceptors (Lipinski definition) is 4. The molecule has 1 unspecified atom stereocenters. The zero-order chi connectivity index (χ0) is 13.9. The van der Waals surface area contributed by atoms with Crippen molar-refractivity contribution in [2.24, 2.45) is 5.73 Å². The second-order valence-corrected chi connectivity index (χ2v) is 4.33. The summed E-state index contributed by atoms with van der Waals surface area (Å²) in [6.45, 7) is 1.49. The van der Waals surface area contributed by atoms with Gasteiger partial charge < -0.3 is 15.6 Å². The van der Waals surface area contributed by atoms with E-state index in [1.54, 1.807) is 0 Å². The lowest BCUT2D eigenvalue weighted by atomic mass is 10.0. The van der Waals surface area contributed by atoms with Crippen LogP contribution in [0.25, 0.3) is 0 Å². The molecule has 4 nitrogen and oxygen atoms in total. The summed E-state index contributed by atoms with van der Waals surface area (Å²) in [5.41, 5.74) is 4.98. The molecule has 0 aromatic heterocycles. The number of phenols is 1. The van der Waals surface area contributed by atoms with Gasteiger partial charge in [0.2, 0.25) is 6.17 Å². The number of carbonyl (C=O) groups excluding carboxylic acids is 1. The van der Waals surface area contributed by atoms with Crippen LogP contribution in [0.3, 0.4) is 0 Å². The molecule has 0 spiro atoms. The first kappa shape index (κ1) is 14.8. The van der Waals surface area contributed by atoms with Gasteiger partial charge in [-0.25, -0.2) is 13.6 Å². The summed E-state index contributed by atoms with van der Waals surface area (Å²) in [5, 5.41) is 9.62. The number of aromatic hydroxyl groups is 1. The maximum atomic E-state index is 13.7. The number of alkyl halides is 1. The van der Waals surface area contributed by atoms with Gasteiger partial charge in [-0.15, -0.1) is 0 Å². The molecule has 0 aliphatic heterocycles. The molecular formula is C11H12BrF2NO3. The lowest BCUT2D eigenvalue weighted by Crippen LogP contribution is -2.32. The fraction of sp³-hybridized carbons (Fsp3) is 0.364. The Hall–Kier alpha value is -1.21. The van der Waals surface area contributed by atoms with E-state index in [2.05, 4.69) is 20.7 Å². The minimum absolute atomic E-state index is 0.0150. The van der Waals surface area contributed by atoms with E-state index in [-0.39, 0.29) is 11.1 Å². The van der Waals surface area contributed by atoms with Crippen LogP contribution in [0.1, 0.15) is 18.5 Å². The van der Waals surface area contributed by atoms with Crippen molar-refractivity contribution in [3.8, 4) is 5.75 Å². The molecule has 0 saturated carbocycles. The largest absolute Gasteiger partial charge is 0.506 e. The van der Waals surface area contributed by atoms with Crippen LogP contribution in [0, 0.1) is 5.82 Å². The van der Waals surface area contributed by atoms with Crippen LogP contribution in [0.5, 0.6) is 5.75 Å². The highest BCUT2D eigenvalue weighted by Gasteiger charge is 2.32. The Balaban J connectivity index is 3.07. The van der Waals surface area contributed by atoms with E-state index < -0.39 is 35.3 Å². The molecule has 0 radical (unpaired) electrons. The first-order valence-corrected chi connectivity index (χ1v) is 5.92. The third-order valence-electron chi connectivity index (χ3n) is 2.28. The topological polar surface area (TPSA) is 72.5 Å². The number of esters is 1. The van der Waals surface area contributed by atoms with Gasteiger partial charge in [-0.3, -0.25) is 0 Å². The van der Waals surface area contributed by atoms with Crippen molar-refractivity contribution in [1.29, 1.82) is 0 Å². The Kier molecular flexibility index (Phi) is 5.03. The van der Waals surface area contributed by atoms with Crippen LogP contribution in [0.15, 0.2) is 16.6 Å². The summed E-state index contributed by atoms with van der Waals surface area (Å²) in [6, 6.07) is 0.622. The summed E-state index contributed by atoms with van der Waals surface area (Å²) in [5.74, 6) is -2.62. The van der Waals surface area contributed by atoms with Crippen LogP contribution >= 0.6 is 15.9 Å². The lowest BCUT2D eigenvalue weighted by Gasteiger charge is -2.18. The van der Waals surface area contributed by atoms with Gasteiger partial charge in [0.25, 0.3) is 0 Å². The third kappa shape index (κ3) is 2.97. The smallest absolute Gasteiger partial charge is 0.342 e. The Labute approximate surface area is 111 Å². The number of hydrogen-bond donors (Lipinski definition) is 2. The first-order valence-electron chi connectivity index (χ1n) is 5.13. The molecule has 0 aliphatic carbocycles. The molecule has 1 aromatic carbocycles. The molecule has 2 atom stereocenters. The molecule has 1 rings (SSSR count). The predicted molar refractivity (Wildman–Crippen MR) is 64.2 cm³/mol. The van der Waals surface area contributed by atoms with Crippen molar-refractivity contribution in [3.63, 3.8) is 0 Å². The molecule has 7 heteroatoms. The maximum Gasteiger partial charge on any atom is 0.342 e. The van der Waals surface area contributed by atoms with Gasteiger partial charge in [-0.05, 0) is 35.0 Å². The zero-order valence-electron chi connectivity index (χ0n) is 9.49. The molecular weight excluding hydrogens is 312 g/mol. The number of carbonyl (C=O) groups is 1. The van der Waals surface area contributed by atoms with Crippen LogP contribution in [-0.4, -0.2) is 23.9 Å². The molecule has 0 amide bonds. The molecule has 0 heterocycles. The van der Waals surface area contributed by atoms with Crippen molar-refractivity contribution in [3.05, 3.63) is 28.0 Å². The zero-order valence-corrected chi connectivity index (χ0v) is 11.1. The summed E-state index contributed by atoms with van der Waals surface area (Å²) in [6.07, 6.45) is -2.25. The highest BCUT2D eigenvalue weighted by atomic mass is 79.9. The molecule has 18 heavy (non-hydrogen) atoms. The quantitative estimate of drug-likeness (QED) is 0.833. The van der Waals surface area contributed by atoms with E-state index >= 15 is 0 Å². The molecule has 0 bridgehead atoms. The average Bonchev–Trinajstić information content (AvgIpc) is 2.33.